The normalized spacial score (nSPS) is 11.5. The van der Waals surface area contributed by atoms with Gasteiger partial charge in [0.15, 0.2) is 0 Å². The van der Waals surface area contributed by atoms with Crippen LogP contribution in [-0.2, 0) is 4.79 Å². The Labute approximate surface area is 109 Å². The fourth-order valence-corrected chi connectivity index (χ4v) is 1.78. The van der Waals surface area contributed by atoms with Crippen LogP contribution in [0.3, 0.4) is 0 Å². The number of anilines is 1. The highest BCUT2D eigenvalue weighted by atomic mass is 79.9. The van der Waals surface area contributed by atoms with Crippen molar-refractivity contribution < 1.29 is 4.79 Å². The monoisotopic (exact) mass is 295 g/mol. The molecule has 90 valence electrons. The summed E-state index contributed by atoms with van der Waals surface area (Å²) >= 11 is 3.34. The Bertz CT molecular complexity index is 465. The van der Waals surface area contributed by atoms with E-state index >= 15 is 0 Å². The zero-order valence-corrected chi connectivity index (χ0v) is 11.6. The number of carbonyl (C=O) groups excluding carboxylic acids is 1. The number of amides is 1. The minimum atomic E-state index is -0.369. The molecule has 0 saturated heterocycles. The predicted molar refractivity (Wildman–Crippen MR) is 70.6 cm³/mol. The van der Waals surface area contributed by atoms with Crippen LogP contribution in [0.25, 0.3) is 0 Å². The van der Waals surface area contributed by atoms with Crippen LogP contribution in [0, 0.1) is 11.3 Å². The first-order chi connectivity index (χ1) is 7.95. The number of carbonyl (C=O) groups is 1. The smallest absolute Gasteiger partial charge is 0.244 e. The summed E-state index contributed by atoms with van der Waals surface area (Å²) in [5.41, 5.74) is 1.18. The number of nitrogens with zero attached hydrogens (tertiary/aromatic N) is 2. The molecule has 0 spiro atoms. The van der Waals surface area contributed by atoms with Gasteiger partial charge in [0.05, 0.1) is 11.3 Å². The Morgan fingerprint density at radius 1 is 1.53 bits per heavy atom. The van der Waals surface area contributed by atoms with Crippen molar-refractivity contribution in [3.8, 4) is 6.07 Å². The van der Waals surface area contributed by atoms with Crippen LogP contribution in [-0.4, -0.2) is 30.9 Å². The van der Waals surface area contributed by atoms with Crippen molar-refractivity contribution >= 4 is 27.5 Å². The van der Waals surface area contributed by atoms with Gasteiger partial charge in [-0.05, 0) is 25.1 Å². The van der Waals surface area contributed by atoms with Crippen molar-refractivity contribution in [3.05, 3.63) is 28.2 Å². The van der Waals surface area contributed by atoms with E-state index in [4.69, 9.17) is 5.26 Å². The maximum Gasteiger partial charge on any atom is 0.244 e. The van der Waals surface area contributed by atoms with Gasteiger partial charge in [-0.2, -0.15) is 5.26 Å². The van der Waals surface area contributed by atoms with Crippen molar-refractivity contribution in [2.75, 3.05) is 19.4 Å². The molecule has 0 heterocycles. The molecule has 1 aromatic carbocycles. The molecule has 0 aliphatic heterocycles. The lowest BCUT2D eigenvalue weighted by molar-refractivity contribution is -0.129. The number of rotatable bonds is 3. The number of hydrogen-bond acceptors (Lipinski definition) is 3. The number of benzene rings is 1. The minimum absolute atomic E-state index is 0.0335. The van der Waals surface area contributed by atoms with E-state index in [1.165, 1.54) is 4.90 Å². The topological polar surface area (TPSA) is 56.1 Å². The standard InChI is InChI=1S/C12H14BrN3O/c1-8(12(17)16(2)3)15-11-6-10(13)5-4-9(11)7-14/h4-6,8,15H,1-3H3. The van der Waals surface area contributed by atoms with Crippen molar-refractivity contribution in [2.45, 2.75) is 13.0 Å². The fourth-order valence-electron chi connectivity index (χ4n) is 1.42. The van der Waals surface area contributed by atoms with Crippen LogP contribution in [0.2, 0.25) is 0 Å². The number of likely N-dealkylation sites (N-methyl/N-ethyl adjacent to an activating group) is 1. The van der Waals surface area contributed by atoms with Crippen LogP contribution in [0.1, 0.15) is 12.5 Å². The predicted octanol–water partition coefficient (Wildman–Crippen LogP) is 2.21. The highest BCUT2D eigenvalue weighted by Crippen LogP contribution is 2.21. The van der Waals surface area contributed by atoms with Crippen LogP contribution in [0.4, 0.5) is 5.69 Å². The second-order valence-electron chi connectivity index (χ2n) is 3.90. The van der Waals surface area contributed by atoms with Crippen LogP contribution in [0.15, 0.2) is 22.7 Å². The highest BCUT2D eigenvalue weighted by molar-refractivity contribution is 9.10. The molecule has 1 amide bonds. The van der Waals surface area contributed by atoms with E-state index in [1.807, 2.05) is 0 Å². The maximum atomic E-state index is 11.7. The molecule has 0 radical (unpaired) electrons. The lowest BCUT2D eigenvalue weighted by atomic mass is 10.1. The van der Waals surface area contributed by atoms with Gasteiger partial charge in [-0.15, -0.1) is 0 Å². The Balaban J connectivity index is 2.92. The summed E-state index contributed by atoms with van der Waals surface area (Å²) in [7, 11) is 3.40. The number of hydrogen-bond donors (Lipinski definition) is 1. The molecular formula is C12H14BrN3O. The summed E-state index contributed by atoms with van der Waals surface area (Å²) in [5.74, 6) is -0.0335. The summed E-state index contributed by atoms with van der Waals surface area (Å²) in [6.45, 7) is 1.77. The SMILES string of the molecule is CC(Nc1cc(Br)ccc1C#N)C(=O)N(C)C. The van der Waals surface area contributed by atoms with E-state index in [2.05, 4.69) is 27.3 Å². The summed E-state index contributed by atoms with van der Waals surface area (Å²) in [4.78, 5) is 13.2. The van der Waals surface area contributed by atoms with E-state index < -0.39 is 0 Å². The molecule has 1 rings (SSSR count). The molecule has 0 aliphatic carbocycles. The second-order valence-corrected chi connectivity index (χ2v) is 4.82. The Kier molecular flexibility index (Phi) is 4.53. The molecule has 1 unspecified atom stereocenters. The number of nitriles is 1. The molecule has 0 fully saturated rings. The molecule has 0 bridgehead atoms. The average Bonchev–Trinajstić information content (AvgIpc) is 2.28. The number of halogens is 1. The van der Waals surface area contributed by atoms with Gasteiger partial charge in [0, 0.05) is 18.6 Å². The molecular weight excluding hydrogens is 282 g/mol. The van der Waals surface area contributed by atoms with Gasteiger partial charge in [-0.3, -0.25) is 4.79 Å². The molecule has 5 heteroatoms. The molecule has 1 atom stereocenters. The van der Waals surface area contributed by atoms with E-state index in [0.29, 0.717) is 11.3 Å². The Hall–Kier alpha value is -1.54. The first-order valence-electron chi connectivity index (χ1n) is 5.13. The molecule has 1 aromatic rings. The second kappa shape index (κ2) is 5.69. The van der Waals surface area contributed by atoms with Gasteiger partial charge in [0.2, 0.25) is 5.91 Å². The molecule has 4 nitrogen and oxygen atoms in total. The fraction of sp³-hybridized carbons (Fsp3) is 0.333. The van der Waals surface area contributed by atoms with Gasteiger partial charge in [0.25, 0.3) is 0 Å². The van der Waals surface area contributed by atoms with Gasteiger partial charge in [0.1, 0.15) is 12.1 Å². The summed E-state index contributed by atoms with van der Waals surface area (Å²) in [6, 6.07) is 7.01. The van der Waals surface area contributed by atoms with E-state index in [9.17, 15) is 4.79 Å². The third-order valence-electron chi connectivity index (χ3n) is 2.29. The third kappa shape index (κ3) is 3.46. The quantitative estimate of drug-likeness (QED) is 0.930. The van der Waals surface area contributed by atoms with Gasteiger partial charge >= 0.3 is 0 Å². The zero-order chi connectivity index (χ0) is 13.0. The van der Waals surface area contributed by atoms with E-state index in [-0.39, 0.29) is 11.9 Å². The molecule has 0 aliphatic rings. The van der Waals surface area contributed by atoms with Gasteiger partial charge in [-0.25, -0.2) is 0 Å². The average molecular weight is 296 g/mol. The van der Waals surface area contributed by atoms with Crippen molar-refractivity contribution in [3.63, 3.8) is 0 Å². The van der Waals surface area contributed by atoms with Crippen LogP contribution >= 0.6 is 15.9 Å². The summed E-state index contributed by atoms with van der Waals surface area (Å²) in [5, 5.41) is 12.0. The lowest BCUT2D eigenvalue weighted by Gasteiger charge is -2.19. The third-order valence-corrected chi connectivity index (χ3v) is 2.78. The minimum Gasteiger partial charge on any atom is -0.373 e. The highest BCUT2D eigenvalue weighted by Gasteiger charge is 2.15. The summed E-state index contributed by atoms with van der Waals surface area (Å²) in [6.07, 6.45) is 0. The molecule has 17 heavy (non-hydrogen) atoms. The molecule has 1 N–H and O–H groups in total. The Morgan fingerprint density at radius 2 is 2.18 bits per heavy atom. The molecule has 0 saturated carbocycles. The van der Waals surface area contributed by atoms with Crippen molar-refractivity contribution in [2.24, 2.45) is 0 Å². The zero-order valence-electron chi connectivity index (χ0n) is 9.99. The van der Waals surface area contributed by atoms with E-state index in [1.54, 1.807) is 39.2 Å². The van der Waals surface area contributed by atoms with Gasteiger partial charge < -0.3 is 10.2 Å². The van der Waals surface area contributed by atoms with Crippen molar-refractivity contribution in [1.82, 2.24) is 4.90 Å². The first-order valence-corrected chi connectivity index (χ1v) is 5.92. The maximum absolute atomic E-state index is 11.7. The lowest BCUT2D eigenvalue weighted by Crippen LogP contribution is -2.36. The van der Waals surface area contributed by atoms with Crippen LogP contribution in [0.5, 0.6) is 0 Å². The van der Waals surface area contributed by atoms with Gasteiger partial charge in [-0.1, -0.05) is 15.9 Å². The number of nitrogens with one attached hydrogen (secondary N) is 1. The van der Waals surface area contributed by atoms with Crippen molar-refractivity contribution in [1.29, 1.82) is 5.26 Å². The first kappa shape index (κ1) is 13.5. The molecule has 0 aromatic heterocycles. The van der Waals surface area contributed by atoms with Crippen LogP contribution < -0.4 is 5.32 Å². The largest absolute Gasteiger partial charge is 0.373 e. The van der Waals surface area contributed by atoms with E-state index in [0.717, 1.165) is 4.47 Å². The Morgan fingerprint density at radius 3 is 2.71 bits per heavy atom. The summed E-state index contributed by atoms with van der Waals surface area (Å²) < 4.78 is 0.864.